The molecule has 2 rings (SSSR count). The fourth-order valence-corrected chi connectivity index (χ4v) is 3.10. The summed E-state index contributed by atoms with van der Waals surface area (Å²) < 4.78 is 0.394. The molecule has 0 amide bonds. The smallest absolute Gasteiger partial charge is 0.348 e. The van der Waals surface area contributed by atoms with Gasteiger partial charge in [0.05, 0.1) is 0 Å². The minimum Gasteiger partial charge on any atom is -0.477 e. The van der Waals surface area contributed by atoms with E-state index in [1.54, 1.807) is 0 Å². The number of thiazole rings is 1. The third kappa shape index (κ3) is 2.40. The SMILES string of the molecule is Cc1ccc(C)c(-c2nc(Br)c(C(=O)O)s2)c1. The maximum Gasteiger partial charge on any atom is 0.348 e. The van der Waals surface area contributed by atoms with Crippen LogP contribution in [0.1, 0.15) is 20.8 Å². The number of rotatable bonds is 2. The maximum atomic E-state index is 11.0. The molecule has 0 fully saturated rings. The van der Waals surface area contributed by atoms with Gasteiger partial charge < -0.3 is 5.11 Å². The van der Waals surface area contributed by atoms with Crippen LogP contribution in [0.15, 0.2) is 22.8 Å². The normalized spacial score (nSPS) is 10.5. The second kappa shape index (κ2) is 4.58. The molecule has 0 radical (unpaired) electrons. The standard InChI is InChI=1S/C12H10BrNO2S/c1-6-3-4-7(2)8(5-6)11-14-10(13)9(17-11)12(15)16/h3-5H,1-2H3,(H,15,16). The van der Waals surface area contributed by atoms with Gasteiger partial charge in [0.25, 0.3) is 0 Å². The third-order valence-corrected chi connectivity index (χ3v) is 4.32. The molecule has 1 aromatic carbocycles. The van der Waals surface area contributed by atoms with Gasteiger partial charge in [0, 0.05) is 5.56 Å². The Kier molecular flexibility index (Phi) is 3.31. The summed E-state index contributed by atoms with van der Waals surface area (Å²) >= 11 is 4.36. The number of carboxylic acids is 1. The molecule has 2 aromatic rings. The van der Waals surface area contributed by atoms with Gasteiger partial charge in [0.1, 0.15) is 14.5 Å². The third-order valence-electron chi connectivity index (χ3n) is 2.40. The minimum atomic E-state index is -0.953. The molecule has 0 bridgehead atoms. The van der Waals surface area contributed by atoms with E-state index in [2.05, 4.69) is 20.9 Å². The average molecular weight is 312 g/mol. The zero-order chi connectivity index (χ0) is 12.6. The topological polar surface area (TPSA) is 50.2 Å². The fraction of sp³-hybridized carbons (Fsp3) is 0.167. The second-order valence-corrected chi connectivity index (χ2v) is 5.51. The monoisotopic (exact) mass is 311 g/mol. The van der Waals surface area contributed by atoms with Gasteiger partial charge in [-0.15, -0.1) is 11.3 Å². The molecule has 0 aliphatic heterocycles. The van der Waals surface area contributed by atoms with E-state index in [0.717, 1.165) is 21.7 Å². The van der Waals surface area contributed by atoms with Gasteiger partial charge in [-0.25, -0.2) is 9.78 Å². The highest BCUT2D eigenvalue weighted by atomic mass is 79.9. The van der Waals surface area contributed by atoms with Gasteiger partial charge in [-0.1, -0.05) is 17.7 Å². The number of hydrogen-bond acceptors (Lipinski definition) is 3. The minimum absolute atomic E-state index is 0.237. The summed E-state index contributed by atoms with van der Waals surface area (Å²) in [5.41, 5.74) is 3.21. The first-order chi connectivity index (χ1) is 7.99. The van der Waals surface area contributed by atoms with Gasteiger partial charge in [-0.2, -0.15) is 0 Å². The Morgan fingerprint density at radius 1 is 1.41 bits per heavy atom. The number of hydrogen-bond donors (Lipinski definition) is 1. The first-order valence-corrected chi connectivity index (χ1v) is 6.57. The Morgan fingerprint density at radius 3 is 2.71 bits per heavy atom. The number of carboxylic acid groups (broad SMARTS) is 1. The number of aromatic nitrogens is 1. The van der Waals surface area contributed by atoms with Crippen LogP contribution < -0.4 is 0 Å². The van der Waals surface area contributed by atoms with Gasteiger partial charge in [-0.3, -0.25) is 0 Å². The Hall–Kier alpha value is -1.20. The van der Waals surface area contributed by atoms with Crippen molar-refractivity contribution in [1.82, 2.24) is 4.98 Å². The molecule has 0 saturated heterocycles. The molecule has 1 aromatic heterocycles. The number of carbonyl (C=O) groups is 1. The summed E-state index contributed by atoms with van der Waals surface area (Å²) in [6, 6.07) is 6.06. The van der Waals surface area contributed by atoms with E-state index in [4.69, 9.17) is 5.11 Å². The van der Waals surface area contributed by atoms with Crippen molar-refractivity contribution in [2.45, 2.75) is 13.8 Å². The predicted octanol–water partition coefficient (Wildman–Crippen LogP) is 3.89. The Labute approximate surface area is 111 Å². The summed E-state index contributed by atoms with van der Waals surface area (Å²) in [4.78, 5) is 15.5. The van der Waals surface area contributed by atoms with Crippen molar-refractivity contribution in [3.63, 3.8) is 0 Å². The molecule has 0 saturated carbocycles. The van der Waals surface area contributed by atoms with Crippen molar-refractivity contribution in [3.05, 3.63) is 38.8 Å². The first kappa shape index (κ1) is 12.3. The molecule has 1 heterocycles. The predicted molar refractivity (Wildman–Crippen MR) is 71.7 cm³/mol. The van der Waals surface area contributed by atoms with Crippen molar-refractivity contribution in [2.75, 3.05) is 0 Å². The zero-order valence-corrected chi connectivity index (χ0v) is 11.7. The van der Waals surface area contributed by atoms with Gasteiger partial charge in [0.15, 0.2) is 0 Å². The van der Waals surface area contributed by atoms with E-state index in [9.17, 15) is 4.79 Å². The van der Waals surface area contributed by atoms with Crippen LogP contribution in [-0.4, -0.2) is 16.1 Å². The van der Waals surface area contributed by atoms with Gasteiger partial charge >= 0.3 is 5.97 Å². The van der Waals surface area contributed by atoms with Crippen molar-refractivity contribution in [3.8, 4) is 10.6 Å². The quantitative estimate of drug-likeness (QED) is 0.915. The van der Waals surface area contributed by atoms with Crippen LogP contribution in [0, 0.1) is 13.8 Å². The number of nitrogens with zero attached hydrogens (tertiary/aromatic N) is 1. The van der Waals surface area contributed by atoms with Crippen molar-refractivity contribution in [1.29, 1.82) is 0 Å². The maximum absolute atomic E-state index is 11.0. The van der Waals surface area contributed by atoms with Crippen LogP contribution in [0.25, 0.3) is 10.6 Å². The number of benzene rings is 1. The van der Waals surface area contributed by atoms with E-state index in [1.165, 1.54) is 11.3 Å². The lowest BCUT2D eigenvalue weighted by atomic mass is 10.1. The summed E-state index contributed by atoms with van der Waals surface area (Å²) in [6.45, 7) is 3.99. The van der Waals surface area contributed by atoms with Crippen LogP contribution in [0.3, 0.4) is 0 Å². The molecule has 0 aliphatic rings. The molecule has 1 N–H and O–H groups in total. The van der Waals surface area contributed by atoms with Crippen LogP contribution in [0.2, 0.25) is 0 Å². The van der Waals surface area contributed by atoms with E-state index in [-0.39, 0.29) is 4.88 Å². The summed E-state index contributed by atoms with van der Waals surface area (Å²) in [7, 11) is 0. The van der Waals surface area contributed by atoms with Crippen LogP contribution >= 0.6 is 27.3 Å². The van der Waals surface area contributed by atoms with E-state index in [0.29, 0.717) is 4.60 Å². The highest BCUT2D eigenvalue weighted by molar-refractivity contribution is 9.10. The lowest BCUT2D eigenvalue weighted by Crippen LogP contribution is -1.91. The summed E-state index contributed by atoms with van der Waals surface area (Å²) in [5.74, 6) is -0.953. The molecule has 0 atom stereocenters. The molecular formula is C12H10BrNO2S. The molecule has 0 spiro atoms. The van der Waals surface area contributed by atoms with E-state index >= 15 is 0 Å². The Balaban J connectivity index is 2.57. The molecule has 5 heteroatoms. The fourth-order valence-electron chi connectivity index (χ4n) is 1.51. The molecule has 0 aliphatic carbocycles. The lowest BCUT2D eigenvalue weighted by Gasteiger charge is -2.02. The lowest BCUT2D eigenvalue weighted by molar-refractivity contribution is 0.0701. The van der Waals surface area contributed by atoms with Gasteiger partial charge in [-0.05, 0) is 41.4 Å². The van der Waals surface area contributed by atoms with Crippen LogP contribution in [0.4, 0.5) is 0 Å². The number of aromatic carboxylic acids is 1. The van der Waals surface area contributed by atoms with Crippen molar-refractivity contribution in [2.24, 2.45) is 0 Å². The summed E-state index contributed by atoms with van der Waals surface area (Å²) in [6.07, 6.45) is 0. The number of halogens is 1. The Morgan fingerprint density at radius 2 is 2.12 bits per heavy atom. The average Bonchev–Trinajstić information content (AvgIpc) is 2.64. The largest absolute Gasteiger partial charge is 0.477 e. The molecule has 0 unspecified atom stereocenters. The highest BCUT2D eigenvalue weighted by Gasteiger charge is 2.17. The van der Waals surface area contributed by atoms with Crippen molar-refractivity contribution < 1.29 is 9.90 Å². The molecular weight excluding hydrogens is 302 g/mol. The molecule has 88 valence electrons. The summed E-state index contributed by atoms with van der Waals surface area (Å²) in [5, 5.41) is 9.72. The zero-order valence-electron chi connectivity index (χ0n) is 9.32. The van der Waals surface area contributed by atoms with E-state index < -0.39 is 5.97 Å². The second-order valence-electron chi connectivity index (χ2n) is 3.76. The highest BCUT2D eigenvalue weighted by Crippen LogP contribution is 2.33. The van der Waals surface area contributed by atoms with E-state index in [1.807, 2.05) is 32.0 Å². The van der Waals surface area contributed by atoms with Crippen LogP contribution in [-0.2, 0) is 0 Å². The molecule has 17 heavy (non-hydrogen) atoms. The Bertz CT molecular complexity index is 592. The van der Waals surface area contributed by atoms with Crippen LogP contribution in [0.5, 0.6) is 0 Å². The molecule has 3 nitrogen and oxygen atoms in total. The van der Waals surface area contributed by atoms with Crippen molar-refractivity contribution >= 4 is 33.2 Å². The van der Waals surface area contributed by atoms with Gasteiger partial charge in [0.2, 0.25) is 0 Å². The number of aryl methyl sites for hydroxylation is 2. The first-order valence-electron chi connectivity index (χ1n) is 4.96.